The lowest BCUT2D eigenvalue weighted by Crippen LogP contribution is -2.38. The van der Waals surface area contributed by atoms with Gasteiger partial charge in [0.05, 0.1) is 16.3 Å². The van der Waals surface area contributed by atoms with Crippen LogP contribution in [0.2, 0.25) is 0 Å². The number of benzene rings is 1. The number of aromatic nitrogens is 3. The Hall–Kier alpha value is -4.02. The van der Waals surface area contributed by atoms with Crippen molar-refractivity contribution in [3.63, 3.8) is 0 Å². The van der Waals surface area contributed by atoms with Crippen LogP contribution in [0.5, 0.6) is 0 Å². The number of nitrogens with zero attached hydrogens (tertiary/aromatic N) is 4. The molecule has 0 aliphatic carbocycles. The van der Waals surface area contributed by atoms with E-state index in [2.05, 4.69) is 25.5 Å². The lowest BCUT2D eigenvalue weighted by molar-refractivity contribution is -0.115. The number of carbonyl (C=O) groups excluding carboxylic acids is 2. The minimum Gasteiger partial charge on any atom is -0.454 e. The molecule has 38 heavy (non-hydrogen) atoms. The molecule has 2 amide bonds. The van der Waals surface area contributed by atoms with Crippen LogP contribution >= 0.6 is 11.8 Å². The summed E-state index contributed by atoms with van der Waals surface area (Å²) in [7, 11) is 0. The van der Waals surface area contributed by atoms with Crippen LogP contribution in [0.3, 0.4) is 0 Å². The topological polar surface area (TPSA) is 113 Å². The molecule has 9 nitrogen and oxygen atoms in total. The quantitative estimate of drug-likeness (QED) is 0.333. The van der Waals surface area contributed by atoms with Gasteiger partial charge in [-0.3, -0.25) is 14.9 Å². The number of carbonyl (C=O) groups is 2. The molecule has 2 aliphatic heterocycles. The van der Waals surface area contributed by atoms with Crippen molar-refractivity contribution >= 4 is 45.9 Å². The van der Waals surface area contributed by atoms with E-state index in [1.165, 1.54) is 0 Å². The molecule has 3 aromatic heterocycles. The first-order valence-corrected chi connectivity index (χ1v) is 13.4. The molecule has 0 radical (unpaired) electrons. The zero-order valence-corrected chi connectivity index (χ0v) is 21.4. The van der Waals surface area contributed by atoms with Gasteiger partial charge < -0.3 is 14.6 Å². The van der Waals surface area contributed by atoms with E-state index >= 15 is 0 Å². The summed E-state index contributed by atoms with van der Waals surface area (Å²) in [5.41, 5.74) is 3.30. The molecule has 0 saturated carbocycles. The Balaban J connectivity index is 1.01. The van der Waals surface area contributed by atoms with E-state index in [0.717, 1.165) is 72.4 Å². The molecule has 192 valence electrons. The van der Waals surface area contributed by atoms with Gasteiger partial charge in [-0.1, -0.05) is 24.3 Å². The van der Waals surface area contributed by atoms with Gasteiger partial charge in [0, 0.05) is 31.2 Å². The Labute approximate surface area is 223 Å². The fourth-order valence-electron chi connectivity index (χ4n) is 4.71. The van der Waals surface area contributed by atoms with Gasteiger partial charge in [0.15, 0.2) is 5.76 Å². The van der Waals surface area contributed by atoms with E-state index in [4.69, 9.17) is 9.40 Å². The first-order chi connectivity index (χ1) is 18.6. The number of thioether (sulfide) groups is 1. The normalized spacial score (nSPS) is 17.5. The van der Waals surface area contributed by atoms with Crippen molar-refractivity contribution in [2.24, 2.45) is 5.92 Å². The number of piperidine rings is 1. The minimum atomic E-state index is -0.384. The molecule has 4 aromatic rings. The largest absolute Gasteiger partial charge is 0.454 e. The summed E-state index contributed by atoms with van der Waals surface area (Å²) < 4.78 is 5.97. The standard InChI is InChI=1S/C28H26N6O3S/c35-26-25(38-28(36)33-26)15-20-8-11-30-27(32-20)34-12-9-18(10-13-34)16-29-17-21-5-3-6-22(31-21)24-14-19-4-1-2-7-23(19)37-24/h1-8,11,14-15,18,29H,9-10,12-13,16-17H2,(H,33,35,36)/b25-15+. The van der Waals surface area contributed by atoms with Crippen LogP contribution in [0.25, 0.3) is 28.5 Å². The predicted octanol–water partition coefficient (Wildman–Crippen LogP) is 4.61. The highest BCUT2D eigenvalue weighted by Crippen LogP contribution is 2.27. The van der Waals surface area contributed by atoms with Crippen LogP contribution < -0.4 is 15.5 Å². The maximum absolute atomic E-state index is 11.8. The Kier molecular flexibility index (Phi) is 6.89. The third-order valence-electron chi connectivity index (χ3n) is 6.71. The van der Waals surface area contributed by atoms with Crippen LogP contribution in [-0.2, 0) is 11.3 Å². The van der Waals surface area contributed by atoms with Crippen LogP contribution in [-0.4, -0.2) is 45.7 Å². The number of nitrogens with one attached hydrogen (secondary N) is 2. The summed E-state index contributed by atoms with van der Waals surface area (Å²) in [6.45, 7) is 3.33. The van der Waals surface area contributed by atoms with Crippen molar-refractivity contribution in [1.29, 1.82) is 0 Å². The van der Waals surface area contributed by atoms with Gasteiger partial charge in [-0.05, 0) is 73.5 Å². The van der Waals surface area contributed by atoms with Crippen LogP contribution in [0.1, 0.15) is 24.2 Å². The molecule has 5 heterocycles. The van der Waals surface area contributed by atoms with Crippen molar-refractivity contribution in [1.82, 2.24) is 25.6 Å². The van der Waals surface area contributed by atoms with Crippen LogP contribution in [0, 0.1) is 5.92 Å². The lowest BCUT2D eigenvalue weighted by Gasteiger charge is -2.32. The Morgan fingerprint density at radius 3 is 2.76 bits per heavy atom. The third kappa shape index (κ3) is 5.46. The summed E-state index contributed by atoms with van der Waals surface area (Å²) in [4.78, 5) is 39.5. The number of hydrogen-bond donors (Lipinski definition) is 2. The van der Waals surface area contributed by atoms with Crippen molar-refractivity contribution in [3.8, 4) is 11.5 Å². The van der Waals surface area contributed by atoms with Crippen molar-refractivity contribution in [3.05, 3.63) is 77.1 Å². The van der Waals surface area contributed by atoms with E-state index in [9.17, 15) is 9.59 Å². The molecule has 2 fully saturated rings. The highest BCUT2D eigenvalue weighted by molar-refractivity contribution is 8.18. The van der Waals surface area contributed by atoms with Crippen molar-refractivity contribution in [2.45, 2.75) is 19.4 Å². The number of hydrogen-bond acceptors (Lipinski definition) is 9. The summed E-state index contributed by atoms with van der Waals surface area (Å²) in [5.74, 6) is 1.60. The average Bonchev–Trinajstić information content (AvgIpc) is 3.51. The molecule has 1 aromatic carbocycles. The highest BCUT2D eigenvalue weighted by Gasteiger charge is 2.26. The van der Waals surface area contributed by atoms with Crippen molar-refractivity contribution < 1.29 is 14.0 Å². The summed E-state index contributed by atoms with van der Waals surface area (Å²) in [6.07, 6.45) is 5.37. The smallest absolute Gasteiger partial charge is 0.290 e. The molecule has 10 heteroatoms. The summed E-state index contributed by atoms with van der Waals surface area (Å²) in [6, 6.07) is 17.8. The van der Waals surface area contributed by atoms with Crippen LogP contribution in [0.4, 0.5) is 10.7 Å². The van der Waals surface area contributed by atoms with Crippen LogP contribution in [0.15, 0.2) is 70.1 Å². The molecule has 0 spiro atoms. The molecule has 0 unspecified atom stereocenters. The molecule has 2 saturated heterocycles. The molecule has 0 atom stereocenters. The number of furan rings is 1. The number of rotatable bonds is 7. The second-order valence-electron chi connectivity index (χ2n) is 9.36. The summed E-state index contributed by atoms with van der Waals surface area (Å²) >= 11 is 0.888. The predicted molar refractivity (Wildman–Crippen MR) is 147 cm³/mol. The third-order valence-corrected chi connectivity index (χ3v) is 7.52. The van der Waals surface area contributed by atoms with Gasteiger partial charge in [0.25, 0.3) is 11.1 Å². The number of pyridine rings is 1. The first kappa shape index (κ1) is 24.3. The first-order valence-electron chi connectivity index (χ1n) is 12.6. The lowest BCUT2D eigenvalue weighted by atomic mass is 9.97. The number of fused-ring (bicyclic) bond motifs is 1. The van der Waals surface area contributed by atoms with Crippen molar-refractivity contribution in [2.75, 3.05) is 24.5 Å². The SMILES string of the molecule is O=C1NC(=O)/C(=C\c2ccnc(N3CCC(CNCc4cccc(-c5cc6ccccc6o5)n4)CC3)n2)S1. The Morgan fingerprint density at radius 1 is 1.08 bits per heavy atom. The van der Waals surface area contributed by atoms with E-state index in [1.807, 2.05) is 48.5 Å². The van der Waals surface area contributed by atoms with Gasteiger partial charge >= 0.3 is 0 Å². The molecular formula is C28H26N6O3S. The van der Waals surface area contributed by atoms with E-state index in [0.29, 0.717) is 29.0 Å². The van der Waals surface area contributed by atoms with E-state index < -0.39 is 0 Å². The molecule has 2 aliphatic rings. The minimum absolute atomic E-state index is 0.349. The molecule has 6 rings (SSSR count). The van der Waals surface area contributed by atoms with Gasteiger partial charge in [0.1, 0.15) is 11.3 Å². The van der Waals surface area contributed by atoms with Gasteiger partial charge in [-0.25, -0.2) is 15.0 Å². The second-order valence-corrected chi connectivity index (χ2v) is 10.4. The zero-order valence-electron chi connectivity index (χ0n) is 20.6. The number of amides is 2. The number of para-hydroxylation sites is 1. The molecule has 2 N–H and O–H groups in total. The fourth-order valence-corrected chi connectivity index (χ4v) is 5.38. The Morgan fingerprint density at radius 2 is 1.95 bits per heavy atom. The maximum Gasteiger partial charge on any atom is 0.290 e. The maximum atomic E-state index is 11.8. The van der Waals surface area contributed by atoms with E-state index in [-0.39, 0.29) is 11.1 Å². The average molecular weight is 527 g/mol. The van der Waals surface area contributed by atoms with Gasteiger partial charge in [0.2, 0.25) is 5.95 Å². The zero-order chi connectivity index (χ0) is 25.9. The monoisotopic (exact) mass is 526 g/mol. The van der Waals surface area contributed by atoms with E-state index in [1.54, 1.807) is 18.3 Å². The van der Waals surface area contributed by atoms with Gasteiger partial charge in [-0.15, -0.1) is 0 Å². The highest BCUT2D eigenvalue weighted by atomic mass is 32.2. The second kappa shape index (κ2) is 10.8. The molecular weight excluding hydrogens is 500 g/mol. The summed E-state index contributed by atoms with van der Waals surface area (Å²) in [5, 5.41) is 6.55. The van der Waals surface area contributed by atoms with Gasteiger partial charge in [-0.2, -0.15) is 0 Å². The fraction of sp³-hybridized carbons (Fsp3) is 0.250. The number of anilines is 1. The number of imide groups is 1. The Bertz CT molecular complexity index is 1490. The molecule has 0 bridgehead atoms.